The second kappa shape index (κ2) is 2.58. The molecule has 9 heavy (non-hydrogen) atoms. The standard InChI is InChI=1S/C5H10F2N2/c1-4-2-3-9(8-4)5(6)7/h4-5,8H,2-3H2,1H3. The Bertz CT molecular complexity index is 97.0. The van der Waals surface area contributed by atoms with Gasteiger partial charge in [0.05, 0.1) is 0 Å². The molecule has 1 heterocycles. The Morgan fingerprint density at radius 2 is 2.33 bits per heavy atom. The van der Waals surface area contributed by atoms with E-state index in [9.17, 15) is 8.78 Å². The zero-order valence-corrected chi connectivity index (χ0v) is 5.27. The monoisotopic (exact) mass is 136 g/mol. The van der Waals surface area contributed by atoms with Gasteiger partial charge in [0.25, 0.3) is 0 Å². The lowest BCUT2D eigenvalue weighted by atomic mass is 10.3. The third kappa shape index (κ3) is 1.59. The van der Waals surface area contributed by atoms with Gasteiger partial charge in [-0.05, 0) is 13.3 Å². The number of nitrogens with one attached hydrogen (secondary N) is 1. The first-order valence-corrected chi connectivity index (χ1v) is 3.01. The van der Waals surface area contributed by atoms with Crippen LogP contribution in [0, 0.1) is 0 Å². The van der Waals surface area contributed by atoms with Gasteiger partial charge in [-0.1, -0.05) is 0 Å². The summed E-state index contributed by atoms with van der Waals surface area (Å²) in [7, 11) is 0. The van der Waals surface area contributed by atoms with E-state index in [0.717, 1.165) is 11.4 Å². The maximum absolute atomic E-state index is 11.8. The summed E-state index contributed by atoms with van der Waals surface area (Å²) in [5, 5.41) is 0.963. The number of hydrogen-bond acceptors (Lipinski definition) is 2. The molecule has 1 saturated heterocycles. The van der Waals surface area contributed by atoms with Crippen LogP contribution in [0.4, 0.5) is 8.78 Å². The second-order valence-electron chi connectivity index (χ2n) is 2.29. The quantitative estimate of drug-likeness (QED) is 0.536. The summed E-state index contributed by atoms with van der Waals surface area (Å²) >= 11 is 0. The summed E-state index contributed by atoms with van der Waals surface area (Å²) in [6, 6.07) is 0.207. The number of halogens is 2. The van der Waals surface area contributed by atoms with Crippen LogP contribution in [0.25, 0.3) is 0 Å². The fourth-order valence-corrected chi connectivity index (χ4v) is 0.899. The summed E-state index contributed by atoms with van der Waals surface area (Å²) in [6.45, 7) is -0.00347. The molecule has 1 unspecified atom stereocenters. The highest BCUT2D eigenvalue weighted by atomic mass is 19.3. The topological polar surface area (TPSA) is 15.3 Å². The molecule has 0 amide bonds. The van der Waals surface area contributed by atoms with Crippen LogP contribution in [0.5, 0.6) is 0 Å². The van der Waals surface area contributed by atoms with Gasteiger partial charge in [-0.3, -0.25) is 0 Å². The molecule has 0 aliphatic carbocycles. The highest BCUT2D eigenvalue weighted by Crippen LogP contribution is 2.09. The normalized spacial score (nSPS) is 30.0. The van der Waals surface area contributed by atoms with Crippen molar-refractivity contribution in [3.8, 4) is 0 Å². The third-order valence-corrected chi connectivity index (χ3v) is 1.42. The van der Waals surface area contributed by atoms with E-state index in [2.05, 4.69) is 5.43 Å². The van der Waals surface area contributed by atoms with E-state index >= 15 is 0 Å². The van der Waals surface area contributed by atoms with E-state index in [4.69, 9.17) is 0 Å². The second-order valence-corrected chi connectivity index (χ2v) is 2.29. The Morgan fingerprint density at radius 1 is 1.67 bits per heavy atom. The van der Waals surface area contributed by atoms with Gasteiger partial charge in [-0.2, -0.15) is 13.8 Å². The molecule has 2 nitrogen and oxygen atoms in total. The highest BCUT2D eigenvalue weighted by molar-refractivity contribution is 4.68. The van der Waals surface area contributed by atoms with Crippen molar-refractivity contribution < 1.29 is 8.78 Å². The minimum atomic E-state index is -2.35. The van der Waals surface area contributed by atoms with Crippen LogP contribution >= 0.6 is 0 Å². The maximum Gasteiger partial charge on any atom is 0.306 e. The molecular formula is C5H10F2N2. The molecule has 1 aliphatic heterocycles. The molecule has 1 rings (SSSR count). The van der Waals surface area contributed by atoms with E-state index in [0.29, 0.717) is 6.54 Å². The molecular weight excluding hydrogens is 126 g/mol. The van der Waals surface area contributed by atoms with E-state index in [-0.39, 0.29) is 6.04 Å². The first-order valence-electron chi connectivity index (χ1n) is 3.01. The molecule has 0 radical (unpaired) electrons. The summed E-state index contributed by atoms with van der Waals surface area (Å²) in [6.07, 6.45) is 0.810. The van der Waals surface area contributed by atoms with Crippen molar-refractivity contribution in [2.75, 3.05) is 6.54 Å². The minimum Gasteiger partial charge on any atom is -0.248 e. The summed E-state index contributed by atoms with van der Waals surface area (Å²) in [4.78, 5) is 0. The Kier molecular flexibility index (Phi) is 1.97. The minimum absolute atomic E-state index is 0.207. The predicted octanol–water partition coefficient (Wildman–Crippen LogP) is 0.808. The van der Waals surface area contributed by atoms with Gasteiger partial charge in [0.15, 0.2) is 0 Å². The van der Waals surface area contributed by atoms with E-state index in [1.807, 2.05) is 6.92 Å². The average Bonchev–Trinajstić information content (AvgIpc) is 2.14. The third-order valence-electron chi connectivity index (χ3n) is 1.42. The zero-order valence-electron chi connectivity index (χ0n) is 5.27. The number of nitrogens with zero attached hydrogens (tertiary/aromatic N) is 1. The van der Waals surface area contributed by atoms with Crippen molar-refractivity contribution in [1.29, 1.82) is 0 Å². The molecule has 1 fully saturated rings. The Hall–Kier alpha value is -0.220. The lowest BCUT2D eigenvalue weighted by Crippen LogP contribution is -2.37. The van der Waals surface area contributed by atoms with E-state index in [1.165, 1.54) is 0 Å². The van der Waals surface area contributed by atoms with Crippen molar-refractivity contribution in [3.63, 3.8) is 0 Å². The van der Waals surface area contributed by atoms with Gasteiger partial charge < -0.3 is 0 Å². The van der Waals surface area contributed by atoms with Gasteiger partial charge in [-0.15, -0.1) is 0 Å². The molecule has 0 aromatic rings. The molecule has 0 saturated carbocycles. The van der Waals surface area contributed by atoms with Crippen LogP contribution in [-0.4, -0.2) is 24.1 Å². The van der Waals surface area contributed by atoms with Gasteiger partial charge >= 0.3 is 6.55 Å². The highest BCUT2D eigenvalue weighted by Gasteiger charge is 2.23. The largest absolute Gasteiger partial charge is 0.306 e. The van der Waals surface area contributed by atoms with Crippen LogP contribution in [0.15, 0.2) is 0 Å². The van der Waals surface area contributed by atoms with Crippen molar-refractivity contribution in [2.24, 2.45) is 0 Å². The van der Waals surface area contributed by atoms with Gasteiger partial charge in [0, 0.05) is 12.6 Å². The Balaban J connectivity index is 2.30. The molecule has 4 heteroatoms. The van der Waals surface area contributed by atoms with Crippen LogP contribution in [0.1, 0.15) is 13.3 Å². The first kappa shape index (κ1) is 6.89. The van der Waals surface area contributed by atoms with E-state index < -0.39 is 6.55 Å². The fraction of sp³-hybridized carbons (Fsp3) is 1.00. The van der Waals surface area contributed by atoms with Crippen molar-refractivity contribution >= 4 is 0 Å². The van der Waals surface area contributed by atoms with Gasteiger partial charge in [0.2, 0.25) is 0 Å². The summed E-state index contributed by atoms with van der Waals surface area (Å²) < 4.78 is 23.6. The van der Waals surface area contributed by atoms with Crippen LogP contribution in [0.3, 0.4) is 0 Å². The van der Waals surface area contributed by atoms with Crippen molar-refractivity contribution in [3.05, 3.63) is 0 Å². The predicted molar refractivity (Wildman–Crippen MR) is 29.9 cm³/mol. The molecule has 1 aliphatic rings. The van der Waals surface area contributed by atoms with Gasteiger partial charge in [0.1, 0.15) is 0 Å². The lowest BCUT2D eigenvalue weighted by Gasteiger charge is -2.13. The van der Waals surface area contributed by atoms with E-state index in [1.54, 1.807) is 0 Å². The SMILES string of the molecule is CC1CCN(C(F)F)N1. The Morgan fingerprint density at radius 3 is 2.56 bits per heavy atom. The smallest absolute Gasteiger partial charge is 0.248 e. The van der Waals surface area contributed by atoms with Crippen molar-refractivity contribution in [2.45, 2.75) is 25.9 Å². The van der Waals surface area contributed by atoms with Gasteiger partial charge in [-0.25, -0.2) is 5.43 Å². The first-order chi connectivity index (χ1) is 4.20. The number of alkyl halides is 2. The fourth-order valence-electron chi connectivity index (χ4n) is 0.899. The molecule has 0 aromatic heterocycles. The molecule has 0 bridgehead atoms. The number of hydrogen-bond donors (Lipinski definition) is 1. The molecule has 1 atom stereocenters. The number of hydrazine groups is 1. The Labute approximate surface area is 52.8 Å². The molecule has 54 valence electrons. The van der Waals surface area contributed by atoms with Crippen LogP contribution in [-0.2, 0) is 0 Å². The lowest BCUT2D eigenvalue weighted by molar-refractivity contribution is -0.0436. The zero-order chi connectivity index (χ0) is 6.85. The molecule has 1 N–H and O–H groups in total. The summed E-state index contributed by atoms with van der Waals surface area (Å²) in [5.74, 6) is 0. The summed E-state index contributed by atoms with van der Waals surface area (Å²) in [5.41, 5.74) is 2.64. The average molecular weight is 136 g/mol. The van der Waals surface area contributed by atoms with Crippen molar-refractivity contribution in [1.82, 2.24) is 10.4 Å². The molecule has 0 aromatic carbocycles. The number of rotatable bonds is 1. The van der Waals surface area contributed by atoms with Crippen LogP contribution in [0.2, 0.25) is 0 Å². The van der Waals surface area contributed by atoms with Crippen LogP contribution < -0.4 is 5.43 Å². The maximum atomic E-state index is 11.8. The molecule has 0 spiro atoms.